The van der Waals surface area contributed by atoms with E-state index in [2.05, 4.69) is 0 Å². The van der Waals surface area contributed by atoms with E-state index < -0.39 is 17.4 Å². The van der Waals surface area contributed by atoms with Crippen molar-refractivity contribution < 1.29 is 23.9 Å². The number of benzene rings is 2. The minimum atomic E-state index is -1.83. The zero-order valence-corrected chi connectivity index (χ0v) is 14.9. The Balaban J connectivity index is 2.56. The second-order valence-corrected chi connectivity index (χ2v) is 5.68. The maximum atomic E-state index is 12.9. The summed E-state index contributed by atoms with van der Waals surface area (Å²) in [5.74, 6) is -1.90. The van der Waals surface area contributed by atoms with Crippen LogP contribution in [0.2, 0.25) is 0 Å². The molecule has 0 fully saturated rings. The molecule has 0 aliphatic carbocycles. The molecule has 0 heterocycles. The van der Waals surface area contributed by atoms with Gasteiger partial charge in [0.1, 0.15) is 0 Å². The smallest absolute Gasteiger partial charge is 0.328 e. The molecule has 26 heavy (non-hydrogen) atoms. The minimum Gasteiger partial charge on any atom is -0.465 e. The molecular formula is C21H22O5. The molecule has 136 valence electrons. The van der Waals surface area contributed by atoms with Crippen molar-refractivity contribution in [2.45, 2.75) is 25.7 Å². The maximum Gasteiger partial charge on any atom is 0.328 e. The maximum absolute atomic E-state index is 12.9. The predicted octanol–water partition coefficient (Wildman–Crippen LogP) is 3.32. The number of rotatable bonds is 8. The van der Waals surface area contributed by atoms with Gasteiger partial charge in [0.2, 0.25) is 0 Å². The van der Waals surface area contributed by atoms with Gasteiger partial charge in [-0.05, 0) is 19.4 Å². The highest BCUT2D eigenvalue weighted by molar-refractivity contribution is 6.12. The zero-order valence-electron chi connectivity index (χ0n) is 14.9. The van der Waals surface area contributed by atoms with Gasteiger partial charge in [-0.25, -0.2) is 0 Å². The van der Waals surface area contributed by atoms with Crippen LogP contribution in [-0.4, -0.2) is 30.9 Å². The van der Waals surface area contributed by atoms with Gasteiger partial charge in [-0.2, -0.15) is 0 Å². The number of esters is 2. The lowest BCUT2D eigenvalue weighted by molar-refractivity contribution is -0.164. The fraction of sp³-hybridized carbons (Fsp3) is 0.286. The summed E-state index contributed by atoms with van der Waals surface area (Å²) < 4.78 is 10.3. The summed E-state index contributed by atoms with van der Waals surface area (Å²) in [6.07, 6.45) is -0.362. The van der Waals surface area contributed by atoms with Crippen molar-refractivity contribution in [3.8, 4) is 0 Å². The summed E-state index contributed by atoms with van der Waals surface area (Å²) in [5.41, 5.74) is -1.04. The minimum absolute atomic E-state index is 0.0896. The molecule has 0 amide bonds. The molecule has 0 spiro atoms. The Labute approximate surface area is 152 Å². The van der Waals surface area contributed by atoms with E-state index in [0.29, 0.717) is 11.1 Å². The van der Waals surface area contributed by atoms with Crippen molar-refractivity contribution >= 4 is 17.7 Å². The van der Waals surface area contributed by atoms with E-state index in [1.165, 1.54) is 0 Å². The Morgan fingerprint density at radius 3 is 1.69 bits per heavy atom. The van der Waals surface area contributed by atoms with Gasteiger partial charge < -0.3 is 9.47 Å². The number of hydrogen-bond acceptors (Lipinski definition) is 5. The highest BCUT2D eigenvalue weighted by atomic mass is 16.6. The molecule has 0 N–H and O–H groups in total. The van der Waals surface area contributed by atoms with Gasteiger partial charge in [-0.1, -0.05) is 60.7 Å². The normalized spacial score (nSPS) is 10.8. The molecule has 0 unspecified atom stereocenters. The highest BCUT2D eigenvalue weighted by Gasteiger charge is 2.52. The first-order valence-electron chi connectivity index (χ1n) is 8.54. The third kappa shape index (κ3) is 3.99. The fourth-order valence-electron chi connectivity index (χ4n) is 2.76. The number of carbonyl (C=O) groups is 3. The molecule has 0 aliphatic heterocycles. The van der Waals surface area contributed by atoms with Crippen molar-refractivity contribution in [3.63, 3.8) is 0 Å². The van der Waals surface area contributed by atoms with Crippen molar-refractivity contribution in [1.82, 2.24) is 0 Å². The summed E-state index contributed by atoms with van der Waals surface area (Å²) in [6.45, 7) is 3.48. The van der Waals surface area contributed by atoms with Gasteiger partial charge in [0.15, 0.2) is 11.2 Å². The number of hydrogen-bond donors (Lipinski definition) is 0. The van der Waals surface area contributed by atoms with Crippen LogP contribution in [0.1, 0.15) is 36.2 Å². The van der Waals surface area contributed by atoms with Gasteiger partial charge in [0.25, 0.3) is 0 Å². The third-order valence-corrected chi connectivity index (χ3v) is 4.04. The quantitative estimate of drug-likeness (QED) is 0.413. The Morgan fingerprint density at radius 2 is 1.23 bits per heavy atom. The topological polar surface area (TPSA) is 69.7 Å². The van der Waals surface area contributed by atoms with E-state index in [9.17, 15) is 14.4 Å². The monoisotopic (exact) mass is 354 g/mol. The summed E-state index contributed by atoms with van der Waals surface area (Å²) >= 11 is 0. The lowest BCUT2D eigenvalue weighted by Gasteiger charge is -2.29. The highest BCUT2D eigenvalue weighted by Crippen LogP contribution is 2.33. The summed E-state index contributed by atoms with van der Waals surface area (Å²) in [5, 5.41) is 0. The van der Waals surface area contributed by atoms with Crippen LogP contribution in [0.25, 0.3) is 0 Å². The SMILES string of the molecule is CCOC(=O)C(CC(=O)c1ccccc1)(C(=O)OCC)c1ccccc1. The molecule has 2 rings (SSSR count). The molecular weight excluding hydrogens is 332 g/mol. The Hall–Kier alpha value is -2.95. The number of Topliss-reactive ketones (excluding diaryl/α,β-unsaturated/α-hetero) is 1. The number of ether oxygens (including phenoxy) is 2. The second kappa shape index (κ2) is 8.94. The van der Waals surface area contributed by atoms with Crippen LogP contribution in [0.15, 0.2) is 60.7 Å². The predicted molar refractivity (Wildman–Crippen MR) is 96.8 cm³/mol. The molecule has 5 nitrogen and oxygen atoms in total. The first kappa shape index (κ1) is 19.4. The Morgan fingerprint density at radius 1 is 0.769 bits per heavy atom. The second-order valence-electron chi connectivity index (χ2n) is 5.68. The van der Waals surface area contributed by atoms with E-state index >= 15 is 0 Å². The molecule has 0 saturated heterocycles. The van der Waals surface area contributed by atoms with Gasteiger partial charge in [0.05, 0.1) is 13.2 Å². The molecule has 5 heteroatoms. The fourth-order valence-corrected chi connectivity index (χ4v) is 2.76. The molecule has 0 aromatic heterocycles. The molecule has 0 saturated carbocycles. The summed E-state index contributed by atoms with van der Waals surface area (Å²) in [4.78, 5) is 38.6. The van der Waals surface area contributed by atoms with Crippen molar-refractivity contribution in [1.29, 1.82) is 0 Å². The van der Waals surface area contributed by atoms with Gasteiger partial charge in [0, 0.05) is 12.0 Å². The third-order valence-electron chi connectivity index (χ3n) is 4.04. The lowest BCUT2D eigenvalue weighted by atomic mass is 9.75. The van der Waals surface area contributed by atoms with Crippen LogP contribution in [-0.2, 0) is 24.5 Å². The number of carbonyl (C=O) groups excluding carboxylic acids is 3. The van der Waals surface area contributed by atoms with Crippen LogP contribution in [0.4, 0.5) is 0 Å². The zero-order chi connectivity index (χ0) is 19.0. The van der Waals surface area contributed by atoms with E-state index in [1.807, 2.05) is 0 Å². The molecule has 0 atom stereocenters. The van der Waals surface area contributed by atoms with Crippen LogP contribution in [0.3, 0.4) is 0 Å². The Kier molecular flexibility index (Phi) is 6.67. The van der Waals surface area contributed by atoms with Gasteiger partial charge in [-0.3, -0.25) is 14.4 Å². The first-order chi connectivity index (χ1) is 12.6. The largest absolute Gasteiger partial charge is 0.465 e. The van der Waals surface area contributed by atoms with Crippen molar-refractivity contribution in [3.05, 3.63) is 71.8 Å². The average Bonchev–Trinajstić information content (AvgIpc) is 2.67. The molecule has 2 aromatic rings. The van der Waals surface area contributed by atoms with E-state index in [0.717, 1.165) is 0 Å². The lowest BCUT2D eigenvalue weighted by Crippen LogP contribution is -2.47. The van der Waals surface area contributed by atoms with Crippen LogP contribution >= 0.6 is 0 Å². The molecule has 0 radical (unpaired) electrons. The van der Waals surface area contributed by atoms with Crippen LogP contribution in [0, 0.1) is 0 Å². The number of ketones is 1. The van der Waals surface area contributed by atoms with Gasteiger partial charge >= 0.3 is 11.9 Å². The van der Waals surface area contributed by atoms with E-state index in [1.54, 1.807) is 74.5 Å². The molecule has 2 aromatic carbocycles. The van der Waals surface area contributed by atoms with Gasteiger partial charge in [-0.15, -0.1) is 0 Å². The van der Waals surface area contributed by atoms with Crippen molar-refractivity contribution in [2.75, 3.05) is 13.2 Å². The Bertz CT molecular complexity index is 734. The first-order valence-corrected chi connectivity index (χ1v) is 8.54. The van der Waals surface area contributed by atoms with Crippen molar-refractivity contribution in [2.24, 2.45) is 0 Å². The average molecular weight is 354 g/mol. The van der Waals surface area contributed by atoms with E-state index in [4.69, 9.17) is 9.47 Å². The summed E-state index contributed by atoms with van der Waals surface area (Å²) in [7, 11) is 0. The standard InChI is InChI=1S/C21H22O5/c1-3-25-19(23)21(20(24)26-4-2,17-13-9-6-10-14-17)15-18(22)16-11-7-5-8-12-16/h5-14H,3-4,15H2,1-2H3. The van der Waals surface area contributed by atoms with Crippen LogP contribution < -0.4 is 0 Å². The molecule has 0 bridgehead atoms. The molecule has 0 aliphatic rings. The summed E-state index contributed by atoms with van der Waals surface area (Å²) in [6, 6.07) is 17.0. The van der Waals surface area contributed by atoms with Crippen LogP contribution in [0.5, 0.6) is 0 Å². The van der Waals surface area contributed by atoms with E-state index in [-0.39, 0.29) is 25.4 Å².